The molecule has 0 aliphatic rings. The van der Waals surface area contributed by atoms with Crippen LogP contribution in [0.25, 0.3) is 0 Å². The van der Waals surface area contributed by atoms with E-state index in [1.165, 1.54) is 18.4 Å². The first-order valence-corrected chi connectivity index (χ1v) is 4.49. The topological polar surface area (TPSA) is 38.9 Å². The molecule has 2 heteroatoms. The number of anilines is 1. The van der Waals surface area contributed by atoms with Crippen molar-refractivity contribution in [3.8, 4) is 0 Å². The molecule has 0 spiro atoms. The maximum atomic E-state index is 5.59. The zero-order valence-corrected chi connectivity index (χ0v) is 7.75. The lowest BCUT2D eigenvalue weighted by molar-refractivity contribution is 0.641. The zero-order chi connectivity index (χ0) is 8.97. The number of nitrogens with two attached hydrogens (primary N) is 1. The van der Waals surface area contributed by atoms with Crippen LogP contribution in [0.4, 0.5) is 5.82 Å². The third-order valence-electron chi connectivity index (χ3n) is 2.26. The lowest BCUT2D eigenvalue weighted by Gasteiger charge is -2.12. The van der Waals surface area contributed by atoms with Crippen LogP contribution in [0.15, 0.2) is 18.3 Å². The molecule has 1 aromatic heterocycles. The monoisotopic (exact) mass is 164 g/mol. The molecule has 1 heterocycles. The maximum absolute atomic E-state index is 5.59. The van der Waals surface area contributed by atoms with Crippen LogP contribution in [0.1, 0.15) is 38.2 Å². The van der Waals surface area contributed by atoms with Crippen LogP contribution in [0.5, 0.6) is 0 Å². The summed E-state index contributed by atoms with van der Waals surface area (Å²) >= 11 is 0. The number of pyridine rings is 1. The van der Waals surface area contributed by atoms with Crippen molar-refractivity contribution < 1.29 is 0 Å². The molecule has 0 radical (unpaired) electrons. The summed E-state index contributed by atoms with van der Waals surface area (Å²) in [6, 6.07) is 4.02. The molecular formula is C10H16N2. The minimum absolute atomic E-state index is 0.624. The van der Waals surface area contributed by atoms with Crippen molar-refractivity contribution in [1.82, 2.24) is 4.98 Å². The Hall–Kier alpha value is -1.05. The van der Waals surface area contributed by atoms with Gasteiger partial charge in [-0.1, -0.05) is 13.8 Å². The number of hydrogen-bond acceptors (Lipinski definition) is 2. The van der Waals surface area contributed by atoms with Crippen molar-refractivity contribution in [1.29, 1.82) is 0 Å². The first kappa shape index (κ1) is 9.04. The lowest BCUT2D eigenvalue weighted by Crippen LogP contribution is -1.98. The van der Waals surface area contributed by atoms with Crippen molar-refractivity contribution in [2.75, 3.05) is 5.73 Å². The Morgan fingerprint density at radius 1 is 1.42 bits per heavy atom. The Balaban J connectivity index is 2.85. The van der Waals surface area contributed by atoms with Gasteiger partial charge in [-0.2, -0.15) is 0 Å². The van der Waals surface area contributed by atoms with Crippen LogP contribution in [-0.4, -0.2) is 4.98 Å². The van der Waals surface area contributed by atoms with Crippen LogP contribution < -0.4 is 5.73 Å². The van der Waals surface area contributed by atoms with Gasteiger partial charge in [0.25, 0.3) is 0 Å². The molecule has 0 aromatic carbocycles. The summed E-state index contributed by atoms with van der Waals surface area (Å²) < 4.78 is 0. The SMILES string of the molecule is CCC(CC)c1ccnc(N)c1. The molecule has 1 rings (SSSR count). The number of nitrogens with zero attached hydrogens (tertiary/aromatic N) is 1. The van der Waals surface area contributed by atoms with E-state index in [1.54, 1.807) is 6.20 Å². The van der Waals surface area contributed by atoms with Gasteiger partial charge >= 0.3 is 0 Å². The molecule has 0 atom stereocenters. The van der Waals surface area contributed by atoms with Gasteiger partial charge in [0.1, 0.15) is 5.82 Å². The van der Waals surface area contributed by atoms with Crippen LogP contribution >= 0.6 is 0 Å². The minimum atomic E-state index is 0.624. The predicted octanol–water partition coefficient (Wildman–Crippen LogP) is 2.57. The van der Waals surface area contributed by atoms with E-state index < -0.39 is 0 Å². The van der Waals surface area contributed by atoms with Gasteiger partial charge in [-0.15, -0.1) is 0 Å². The van der Waals surface area contributed by atoms with Crippen molar-refractivity contribution in [2.45, 2.75) is 32.6 Å². The van der Waals surface area contributed by atoms with Crippen LogP contribution in [0.3, 0.4) is 0 Å². The van der Waals surface area contributed by atoms with Gasteiger partial charge in [-0.3, -0.25) is 0 Å². The van der Waals surface area contributed by atoms with Gasteiger partial charge < -0.3 is 5.73 Å². The van der Waals surface area contributed by atoms with E-state index in [2.05, 4.69) is 18.8 Å². The van der Waals surface area contributed by atoms with Gasteiger partial charge in [0.2, 0.25) is 0 Å². The van der Waals surface area contributed by atoms with Gasteiger partial charge in [-0.05, 0) is 36.5 Å². The molecule has 0 fully saturated rings. The Labute approximate surface area is 73.8 Å². The van der Waals surface area contributed by atoms with E-state index in [-0.39, 0.29) is 0 Å². The smallest absolute Gasteiger partial charge is 0.123 e. The third-order valence-corrected chi connectivity index (χ3v) is 2.26. The second-order valence-corrected chi connectivity index (χ2v) is 3.03. The number of hydrogen-bond donors (Lipinski definition) is 1. The van der Waals surface area contributed by atoms with Gasteiger partial charge in [-0.25, -0.2) is 4.98 Å². The molecule has 0 amide bonds. The summed E-state index contributed by atoms with van der Waals surface area (Å²) in [7, 11) is 0. The van der Waals surface area contributed by atoms with E-state index >= 15 is 0 Å². The van der Waals surface area contributed by atoms with Gasteiger partial charge in [0, 0.05) is 6.20 Å². The molecule has 0 bridgehead atoms. The fraction of sp³-hybridized carbons (Fsp3) is 0.500. The normalized spacial score (nSPS) is 10.6. The molecule has 66 valence electrons. The molecule has 1 aromatic rings. The zero-order valence-electron chi connectivity index (χ0n) is 7.75. The van der Waals surface area contributed by atoms with Crippen LogP contribution in [-0.2, 0) is 0 Å². The van der Waals surface area contributed by atoms with Crippen molar-refractivity contribution in [2.24, 2.45) is 0 Å². The molecule has 0 saturated heterocycles. The molecule has 0 saturated carbocycles. The first-order valence-electron chi connectivity index (χ1n) is 4.49. The van der Waals surface area contributed by atoms with E-state index in [9.17, 15) is 0 Å². The van der Waals surface area contributed by atoms with Crippen molar-refractivity contribution >= 4 is 5.82 Å². The van der Waals surface area contributed by atoms with Crippen LogP contribution in [0.2, 0.25) is 0 Å². The Morgan fingerprint density at radius 2 is 2.08 bits per heavy atom. The number of aromatic nitrogens is 1. The van der Waals surface area contributed by atoms with Gasteiger partial charge in [0.05, 0.1) is 0 Å². The molecule has 2 N–H and O–H groups in total. The standard InChI is InChI=1S/C10H16N2/c1-3-8(4-2)9-5-6-12-10(11)7-9/h5-8H,3-4H2,1-2H3,(H2,11,12). The summed E-state index contributed by atoms with van der Waals surface area (Å²) in [6.07, 6.45) is 4.11. The predicted molar refractivity (Wildman–Crippen MR) is 52.0 cm³/mol. The average molecular weight is 164 g/mol. The van der Waals surface area contributed by atoms with Crippen molar-refractivity contribution in [3.05, 3.63) is 23.9 Å². The fourth-order valence-corrected chi connectivity index (χ4v) is 1.48. The van der Waals surface area contributed by atoms with E-state index in [4.69, 9.17) is 5.73 Å². The summed E-state index contributed by atoms with van der Waals surface area (Å²) in [6.45, 7) is 4.40. The lowest BCUT2D eigenvalue weighted by atomic mass is 9.95. The maximum Gasteiger partial charge on any atom is 0.123 e. The Morgan fingerprint density at radius 3 is 2.58 bits per heavy atom. The number of nitrogen functional groups attached to an aromatic ring is 1. The van der Waals surface area contributed by atoms with Crippen LogP contribution in [0, 0.1) is 0 Å². The van der Waals surface area contributed by atoms with Crippen molar-refractivity contribution in [3.63, 3.8) is 0 Å². The summed E-state index contributed by atoms with van der Waals surface area (Å²) in [5.41, 5.74) is 6.91. The Bertz CT molecular complexity index is 241. The quantitative estimate of drug-likeness (QED) is 0.745. The highest BCUT2D eigenvalue weighted by atomic mass is 14.8. The highest BCUT2D eigenvalue weighted by Gasteiger charge is 2.06. The van der Waals surface area contributed by atoms with Gasteiger partial charge in [0.15, 0.2) is 0 Å². The summed E-state index contributed by atoms with van der Waals surface area (Å²) in [4.78, 5) is 3.97. The fourth-order valence-electron chi connectivity index (χ4n) is 1.48. The molecule has 0 aliphatic carbocycles. The van der Waals surface area contributed by atoms with E-state index in [0.29, 0.717) is 11.7 Å². The second-order valence-electron chi connectivity index (χ2n) is 3.03. The molecule has 2 nitrogen and oxygen atoms in total. The highest BCUT2D eigenvalue weighted by molar-refractivity contribution is 5.33. The average Bonchev–Trinajstić information content (AvgIpc) is 2.07. The molecular weight excluding hydrogens is 148 g/mol. The Kier molecular flexibility index (Phi) is 3.09. The molecule has 0 aliphatic heterocycles. The minimum Gasteiger partial charge on any atom is -0.384 e. The molecule has 12 heavy (non-hydrogen) atoms. The second kappa shape index (κ2) is 4.10. The first-order chi connectivity index (χ1) is 5.77. The summed E-state index contributed by atoms with van der Waals surface area (Å²) in [5.74, 6) is 1.26. The van der Waals surface area contributed by atoms with E-state index in [0.717, 1.165) is 0 Å². The molecule has 0 unspecified atom stereocenters. The summed E-state index contributed by atoms with van der Waals surface area (Å²) in [5, 5.41) is 0. The highest BCUT2D eigenvalue weighted by Crippen LogP contribution is 2.22. The third kappa shape index (κ3) is 1.97. The van der Waals surface area contributed by atoms with E-state index in [1.807, 2.05) is 12.1 Å². The number of rotatable bonds is 3. The largest absolute Gasteiger partial charge is 0.384 e.